The summed E-state index contributed by atoms with van der Waals surface area (Å²) in [5.74, 6) is -0.898. The smallest absolute Gasteiger partial charge is 0.323 e. The quantitative estimate of drug-likeness (QED) is 0.823. The predicted molar refractivity (Wildman–Crippen MR) is 63.6 cm³/mol. The number of rotatable bonds is 3. The Bertz CT molecular complexity index is 399. The summed E-state index contributed by atoms with van der Waals surface area (Å²) in [6.07, 6.45) is 0. The largest absolute Gasteiger partial charge is 0.460 e. The Balaban J connectivity index is 2.58. The van der Waals surface area contributed by atoms with Crippen LogP contribution in [0.15, 0.2) is 24.3 Å². The van der Waals surface area contributed by atoms with Crippen LogP contribution >= 0.6 is 0 Å². The summed E-state index contributed by atoms with van der Waals surface area (Å²) in [7, 11) is 0. The number of nitrogens with two attached hydrogens (primary N) is 1. The first-order valence-electron chi connectivity index (χ1n) is 5.48. The summed E-state index contributed by atoms with van der Waals surface area (Å²) in [5, 5.41) is 0. The fraction of sp³-hybridized carbons (Fsp3) is 0.462. The summed E-state index contributed by atoms with van der Waals surface area (Å²) < 4.78 is 18.2. The second kappa shape index (κ2) is 5.27. The van der Waals surface area contributed by atoms with Crippen LogP contribution in [0.2, 0.25) is 0 Å². The van der Waals surface area contributed by atoms with Crippen LogP contribution in [-0.4, -0.2) is 12.0 Å². The highest BCUT2D eigenvalue weighted by Gasteiger charge is 2.28. The van der Waals surface area contributed by atoms with Gasteiger partial charge >= 0.3 is 5.97 Å². The van der Waals surface area contributed by atoms with Crippen molar-refractivity contribution in [3.63, 3.8) is 0 Å². The van der Waals surface area contributed by atoms with Gasteiger partial charge in [0.05, 0.1) is 0 Å². The molecule has 0 aromatic heterocycles. The van der Waals surface area contributed by atoms with Gasteiger partial charge in [0, 0.05) is 5.56 Å². The van der Waals surface area contributed by atoms with Gasteiger partial charge in [0.25, 0.3) is 0 Å². The summed E-state index contributed by atoms with van der Waals surface area (Å²) in [4.78, 5) is 11.6. The molecule has 0 aliphatic rings. The van der Waals surface area contributed by atoms with Crippen molar-refractivity contribution in [3.05, 3.63) is 35.6 Å². The van der Waals surface area contributed by atoms with E-state index in [-0.39, 0.29) is 17.8 Å². The second-order valence-corrected chi connectivity index (χ2v) is 5.04. The van der Waals surface area contributed by atoms with E-state index in [1.807, 2.05) is 20.8 Å². The van der Waals surface area contributed by atoms with Crippen molar-refractivity contribution >= 4 is 5.97 Å². The van der Waals surface area contributed by atoms with Crippen molar-refractivity contribution < 1.29 is 13.9 Å². The van der Waals surface area contributed by atoms with Gasteiger partial charge in [-0.2, -0.15) is 0 Å². The van der Waals surface area contributed by atoms with Gasteiger partial charge in [0.1, 0.15) is 18.5 Å². The van der Waals surface area contributed by atoms with E-state index in [1.165, 1.54) is 6.07 Å². The first-order valence-corrected chi connectivity index (χ1v) is 5.48. The molecular weight excluding hydrogens is 221 g/mol. The first-order chi connectivity index (χ1) is 7.82. The minimum atomic E-state index is -0.714. The van der Waals surface area contributed by atoms with E-state index in [0.717, 1.165) is 0 Å². The molecule has 0 amide bonds. The van der Waals surface area contributed by atoms with Gasteiger partial charge in [-0.1, -0.05) is 39.0 Å². The Morgan fingerprint density at radius 1 is 1.41 bits per heavy atom. The zero-order valence-electron chi connectivity index (χ0n) is 10.4. The molecule has 0 saturated heterocycles. The number of benzene rings is 1. The molecule has 17 heavy (non-hydrogen) atoms. The van der Waals surface area contributed by atoms with Crippen LogP contribution in [0.5, 0.6) is 0 Å². The lowest BCUT2D eigenvalue weighted by Crippen LogP contribution is -2.43. The number of esters is 1. The fourth-order valence-corrected chi connectivity index (χ4v) is 1.21. The van der Waals surface area contributed by atoms with Gasteiger partial charge in [0.15, 0.2) is 0 Å². The molecule has 4 heteroatoms. The summed E-state index contributed by atoms with van der Waals surface area (Å²) in [6, 6.07) is 5.46. The Morgan fingerprint density at radius 3 is 2.53 bits per heavy atom. The van der Waals surface area contributed by atoms with Crippen LogP contribution in [0.25, 0.3) is 0 Å². The second-order valence-electron chi connectivity index (χ2n) is 5.04. The van der Waals surface area contributed by atoms with E-state index >= 15 is 0 Å². The molecule has 0 unspecified atom stereocenters. The molecule has 1 aromatic carbocycles. The summed E-state index contributed by atoms with van der Waals surface area (Å²) in [6.45, 7) is 5.46. The summed E-state index contributed by atoms with van der Waals surface area (Å²) in [5.41, 5.74) is 5.71. The van der Waals surface area contributed by atoms with E-state index in [0.29, 0.717) is 5.56 Å². The molecule has 3 nitrogen and oxygen atoms in total. The topological polar surface area (TPSA) is 52.3 Å². The SMILES string of the molecule is CC(C)(C)[C@@H](N)C(=O)OCc1ccccc1F. The lowest BCUT2D eigenvalue weighted by molar-refractivity contribution is -0.149. The maximum atomic E-state index is 13.3. The van der Waals surface area contributed by atoms with Gasteiger partial charge < -0.3 is 10.5 Å². The molecule has 0 heterocycles. The number of carbonyl (C=O) groups excluding carboxylic acids is 1. The van der Waals surface area contributed by atoms with Crippen LogP contribution in [0.4, 0.5) is 4.39 Å². The van der Waals surface area contributed by atoms with Gasteiger partial charge in [-0.3, -0.25) is 4.79 Å². The molecule has 0 aliphatic heterocycles. The number of ether oxygens (including phenoxy) is 1. The molecule has 94 valence electrons. The molecule has 0 fully saturated rings. The number of hydrogen-bond donors (Lipinski definition) is 1. The van der Waals surface area contributed by atoms with Gasteiger partial charge in [-0.15, -0.1) is 0 Å². The summed E-state index contributed by atoms with van der Waals surface area (Å²) >= 11 is 0. The third-order valence-corrected chi connectivity index (χ3v) is 2.51. The molecule has 0 bridgehead atoms. The van der Waals surface area contributed by atoms with Crippen LogP contribution in [0, 0.1) is 11.2 Å². The highest BCUT2D eigenvalue weighted by molar-refractivity contribution is 5.76. The standard InChI is InChI=1S/C13H18FNO2/c1-13(2,3)11(15)12(16)17-8-9-6-4-5-7-10(9)14/h4-7,11H,8,15H2,1-3H3/t11-/m0/s1. The Labute approximate surface area is 101 Å². The maximum absolute atomic E-state index is 13.3. The predicted octanol–water partition coefficient (Wildman–Crippen LogP) is 2.24. The van der Waals surface area contributed by atoms with Crippen molar-refractivity contribution in [1.29, 1.82) is 0 Å². The molecule has 0 saturated carbocycles. The molecular formula is C13H18FNO2. The van der Waals surface area contributed by atoms with Crippen molar-refractivity contribution in [2.24, 2.45) is 11.1 Å². The molecule has 0 radical (unpaired) electrons. The van der Waals surface area contributed by atoms with Crippen molar-refractivity contribution in [2.45, 2.75) is 33.4 Å². The van der Waals surface area contributed by atoms with Crippen LogP contribution in [0.3, 0.4) is 0 Å². The van der Waals surface area contributed by atoms with E-state index in [4.69, 9.17) is 10.5 Å². The Morgan fingerprint density at radius 2 is 2.00 bits per heavy atom. The van der Waals surface area contributed by atoms with E-state index in [9.17, 15) is 9.18 Å². The zero-order chi connectivity index (χ0) is 13.1. The van der Waals surface area contributed by atoms with Crippen molar-refractivity contribution in [1.82, 2.24) is 0 Å². The molecule has 0 spiro atoms. The lowest BCUT2D eigenvalue weighted by Gasteiger charge is -2.24. The average Bonchev–Trinajstić information content (AvgIpc) is 2.25. The minimum Gasteiger partial charge on any atom is -0.460 e. The molecule has 1 atom stereocenters. The maximum Gasteiger partial charge on any atom is 0.323 e. The lowest BCUT2D eigenvalue weighted by atomic mass is 9.87. The first kappa shape index (κ1) is 13.6. The highest BCUT2D eigenvalue weighted by Crippen LogP contribution is 2.19. The number of carbonyl (C=O) groups is 1. The average molecular weight is 239 g/mol. The number of hydrogen-bond acceptors (Lipinski definition) is 3. The highest BCUT2D eigenvalue weighted by atomic mass is 19.1. The monoisotopic (exact) mass is 239 g/mol. The van der Waals surface area contributed by atoms with Gasteiger partial charge in [-0.05, 0) is 11.5 Å². The van der Waals surface area contributed by atoms with Gasteiger partial charge in [-0.25, -0.2) is 4.39 Å². The van der Waals surface area contributed by atoms with Crippen LogP contribution in [0.1, 0.15) is 26.3 Å². The fourth-order valence-electron chi connectivity index (χ4n) is 1.21. The third-order valence-electron chi connectivity index (χ3n) is 2.51. The molecule has 1 rings (SSSR count). The number of halogens is 1. The van der Waals surface area contributed by atoms with Gasteiger partial charge in [0.2, 0.25) is 0 Å². The van der Waals surface area contributed by atoms with Crippen molar-refractivity contribution in [3.8, 4) is 0 Å². The Hall–Kier alpha value is -1.42. The molecule has 0 aliphatic carbocycles. The van der Waals surface area contributed by atoms with Crippen molar-refractivity contribution in [2.75, 3.05) is 0 Å². The zero-order valence-corrected chi connectivity index (χ0v) is 10.4. The van der Waals surface area contributed by atoms with Crippen LogP contribution in [-0.2, 0) is 16.1 Å². The minimum absolute atomic E-state index is 0.0880. The Kier molecular flexibility index (Phi) is 4.23. The van der Waals surface area contributed by atoms with E-state index in [2.05, 4.69) is 0 Å². The van der Waals surface area contributed by atoms with E-state index < -0.39 is 12.0 Å². The molecule has 2 N–H and O–H groups in total. The van der Waals surface area contributed by atoms with Crippen LogP contribution < -0.4 is 5.73 Å². The molecule has 1 aromatic rings. The normalized spacial score (nSPS) is 13.2. The third kappa shape index (κ3) is 3.82. The van der Waals surface area contributed by atoms with E-state index in [1.54, 1.807) is 18.2 Å².